The minimum absolute atomic E-state index is 0.0870. The molecule has 4 N–H and O–H groups in total. The van der Waals surface area contributed by atoms with Gasteiger partial charge in [0, 0.05) is 40.1 Å². The number of carboxylic acid groups (broad SMARTS) is 1. The summed E-state index contributed by atoms with van der Waals surface area (Å²) in [6, 6.07) is 16.1. The number of aromatic hydroxyl groups is 1. The van der Waals surface area contributed by atoms with E-state index in [1.807, 2.05) is 24.3 Å². The lowest BCUT2D eigenvalue weighted by Crippen LogP contribution is -2.57. The number of ether oxygens (including phenoxy) is 1. The van der Waals surface area contributed by atoms with E-state index in [2.05, 4.69) is 10.3 Å². The smallest absolute Gasteiger partial charge is 0.325 e. The number of nitrogens with zero attached hydrogens (tertiary/aromatic N) is 1. The molecule has 10 heteroatoms. The van der Waals surface area contributed by atoms with Gasteiger partial charge in [-0.05, 0) is 42.3 Å². The second-order valence-corrected chi connectivity index (χ2v) is 10.7. The summed E-state index contributed by atoms with van der Waals surface area (Å²) in [6.45, 7) is 1.80. The van der Waals surface area contributed by atoms with Crippen LogP contribution in [0.15, 0.2) is 66.9 Å². The molecule has 4 atom stereocenters. The van der Waals surface area contributed by atoms with Crippen molar-refractivity contribution in [3.8, 4) is 11.5 Å². The number of hydrogen-bond donors (Lipinski definition) is 4. The molecule has 204 valence electrons. The third-order valence-electron chi connectivity index (χ3n) is 8.18. The number of halogens is 1. The Morgan fingerprint density at radius 1 is 1.10 bits per heavy atom. The van der Waals surface area contributed by atoms with Crippen molar-refractivity contribution in [3.05, 3.63) is 88.6 Å². The van der Waals surface area contributed by atoms with Gasteiger partial charge in [0.15, 0.2) is 11.5 Å². The Balaban J connectivity index is 1.54. The zero-order valence-electron chi connectivity index (χ0n) is 21.6. The van der Waals surface area contributed by atoms with E-state index in [1.54, 1.807) is 43.5 Å². The lowest BCUT2D eigenvalue weighted by Gasteiger charge is -2.31. The van der Waals surface area contributed by atoms with E-state index in [-0.39, 0.29) is 29.2 Å². The van der Waals surface area contributed by atoms with Crippen LogP contribution in [0.2, 0.25) is 5.02 Å². The predicted molar refractivity (Wildman–Crippen MR) is 149 cm³/mol. The number of hydrogen-bond acceptors (Lipinski definition) is 6. The summed E-state index contributed by atoms with van der Waals surface area (Å²) in [7, 11) is 1.40. The Labute approximate surface area is 234 Å². The molecule has 1 aromatic heterocycles. The van der Waals surface area contributed by atoms with Gasteiger partial charge in [0.2, 0.25) is 11.8 Å². The molecule has 4 aromatic rings. The topological polar surface area (TPSA) is 132 Å². The largest absolute Gasteiger partial charge is 0.504 e. The Kier molecular flexibility index (Phi) is 6.08. The molecule has 0 aliphatic carbocycles. The number of nitrogens with one attached hydrogen (secondary N) is 2. The van der Waals surface area contributed by atoms with E-state index in [0.717, 1.165) is 21.4 Å². The number of H-pyrrole nitrogens is 1. The van der Waals surface area contributed by atoms with E-state index in [9.17, 15) is 24.6 Å². The molecule has 0 radical (unpaired) electrons. The number of benzene rings is 3. The first-order valence-electron chi connectivity index (χ1n) is 12.7. The molecule has 4 unspecified atom stereocenters. The number of amides is 2. The first-order chi connectivity index (χ1) is 19.2. The van der Waals surface area contributed by atoms with Crippen molar-refractivity contribution in [3.63, 3.8) is 0 Å². The van der Waals surface area contributed by atoms with Crippen LogP contribution in [-0.4, -0.2) is 45.6 Å². The lowest BCUT2D eigenvalue weighted by molar-refractivity contribution is -0.148. The van der Waals surface area contributed by atoms with Crippen molar-refractivity contribution in [1.82, 2.24) is 10.3 Å². The average molecular weight is 560 g/mol. The molecule has 3 aromatic carbocycles. The summed E-state index contributed by atoms with van der Waals surface area (Å²) in [6.07, 6.45) is 1.64. The SMILES string of the molecule is COc1cccc(C2NC(Cc3c[nH]c4ccccc34)(C(=O)O)C3C(=O)N(c4ccc(C)c(Cl)c4)C(=O)C23)c1O. The van der Waals surface area contributed by atoms with Crippen LogP contribution in [0.25, 0.3) is 10.9 Å². The van der Waals surface area contributed by atoms with E-state index < -0.39 is 41.2 Å². The maximum atomic E-state index is 14.2. The van der Waals surface area contributed by atoms with E-state index in [1.165, 1.54) is 13.2 Å². The summed E-state index contributed by atoms with van der Waals surface area (Å²) < 4.78 is 5.28. The van der Waals surface area contributed by atoms with Gasteiger partial charge >= 0.3 is 5.97 Å². The molecule has 0 bridgehead atoms. The summed E-state index contributed by atoms with van der Waals surface area (Å²) in [5.74, 6) is -4.95. The van der Waals surface area contributed by atoms with E-state index >= 15 is 0 Å². The number of imide groups is 1. The van der Waals surface area contributed by atoms with Crippen LogP contribution < -0.4 is 15.0 Å². The first kappa shape index (κ1) is 25.9. The molecule has 3 heterocycles. The van der Waals surface area contributed by atoms with Gasteiger partial charge in [-0.15, -0.1) is 0 Å². The maximum Gasteiger partial charge on any atom is 0.325 e. The van der Waals surface area contributed by atoms with Gasteiger partial charge in [0.1, 0.15) is 5.54 Å². The van der Waals surface area contributed by atoms with Gasteiger partial charge < -0.3 is 19.9 Å². The number of anilines is 1. The minimum Gasteiger partial charge on any atom is -0.504 e. The third-order valence-corrected chi connectivity index (χ3v) is 8.59. The molecule has 0 saturated carbocycles. The molecule has 40 heavy (non-hydrogen) atoms. The summed E-state index contributed by atoms with van der Waals surface area (Å²) in [5.41, 5.74) is 0.925. The number of carbonyl (C=O) groups is 3. The fourth-order valence-electron chi connectivity index (χ4n) is 6.21. The van der Waals surface area contributed by atoms with Crippen molar-refractivity contribution in [2.45, 2.75) is 24.9 Å². The normalized spacial score (nSPS) is 24.1. The first-order valence-corrected chi connectivity index (χ1v) is 13.1. The number of rotatable bonds is 6. The molecule has 2 saturated heterocycles. The number of fused-ring (bicyclic) bond motifs is 2. The molecule has 2 amide bonds. The highest BCUT2D eigenvalue weighted by atomic mass is 35.5. The molecule has 2 fully saturated rings. The van der Waals surface area contributed by atoms with Crippen LogP contribution in [-0.2, 0) is 20.8 Å². The van der Waals surface area contributed by atoms with Crippen LogP contribution >= 0.6 is 11.6 Å². The molecule has 9 nitrogen and oxygen atoms in total. The van der Waals surface area contributed by atoms with E-state index in [4.69, 9.17) is 16.3 Å². The maximum absolute atomic E-state index is 14.2. The fraction of sp³-hybridized carbons (Fsp3) is 0.233. The highest BCUT2D eigenvalue weighted by molar-refractivity contribution is 6.32. The zero-order chi connectivity index (χ0) is 28.3. The van der Waals surface area contributed by atoms with Crippen LogP contribution in [0.3, 0.4) is 0 Å². The molecule has 2 aliphatic heterocycles. The van der Waals surface area contributed by atoms with Crippen LogP contribution in [0.5, 0.6) is 11.5 Å². The summed E-state index contributed by atoms with van der Waals surface area (Å²) in [5, 5.41) is 26.2. The number of para-hydroxylation sites is 2. The Morgan fingerprint density at radius 3 is 2.60 bits per heavy atom. The summed E-state index contributed by atoms with van der Waals surface area (Å²) >= 11 is 6.34. The Bertz CT molecular complexity index is 1700. The van der Waals surface area contributed by atoms with Crippen LogP contribution in [0, 0.1) is 18.8 Å². The number of aryl methyl sites for hydroxylation is 1. The molecular weight excluding hydrogens is 534 g/mol. The molecule has 6 rings (SSSR count). The second-order valence-electron chi connectivity index (χ2n) is 10.3. The van der Waals surface area contributed by atoms with Crippen molar-refractivity contribution in [2.75, 3.05) is 12.0 Å². The molecule has 0 spiro atoms. The second kappa shape index (κ2) is 9.39. The van der Waals surface area contributed by atoms with Crippen molar-refractivity contribution in [2.24, 2.45) is 11.8 Å². The Morgan fingerprint density at radius 2 is 1.88 bits per heavy atom. The fourth-order valence-corrected chi connectivity index (χ4v) is 6.39. The third kappa shape index (κ3) is 3.69. The zero-order valence-corrected chi connectivity index (χ0v) is 22.4. The van der Waals surface area contributed by atoms with Crippen molar-refractivity contribution < 1.29 is 29.3 Å². The summed E-state index contributed by atoms with van der Waals surface area (Å²) in [4.78, 5) is 45.7. The number of methoxy groups -OCH3 is 1. The van der Waals surface area contributed by atoms with Gasteiger partial charge in [0.05, 0.1) is 24.6 Å². The number of phenols is 1. The highest BCUT2D eigenvalue weighted by Crippen LogP contribution is 2.53. The standard InChI is InChI=1S/C30H26ClN3O6/c1-15-10-11-17(12-20(15)31)34-27(36)23-24(28(34)37)30(29(38)39,13-16-14-32-21-8-4-3-6-18(16)21)33-25(23)19-7-5-9-22(40-2)26(19)35/h3-12,14,23-25,32-33,35H,13H2,1-2H3,(H,38,39). The van der Waals surface area contributed by atoms with E-state index in [0.29, 0.717) is 10.6 Å². The monoisotopic (exact) mass is 559 g/mol. The number of phenolic OH excluding ortho intramolecular Hbond substituents is 1. The lowest BCUT2D eigenvalue weighted by atomic mass is 9.76. The minimum atomic E-state index is -1.87. The van der Waals surface area contributed by atoms with Crippen LogP contribution in [0.4, 0.5) is 5.69 Å². The number of aromatic amines is 1. The van der Waals surface area contributed by atoms with Gasteiger partial charge in [-0.3, -0.25) is 19.7 Å². The number of aliphatic carboxylic acids is 1. The number of carboxylic acids is 1. The quantitative estimate of drug-likeness (QED) is 0.258. The Hall–Kier alpha value is -4.34. The van der Waals surface area contributed by atoms with Crippen molar-refractivity contribution >= 4 is 46.0 Å². The average Bonchev–Trinajstić information content (AvgIpc) is 3.58. The van der Waals surface area contributed by atoms with Gasteiger partial charge in [-0.2, -0.15) is 0 Å². The number of carbonyl (C=O) groups excluding carboxylic acids is 2. The van der Waals surface area contributed by atoms with Crippen LogP contribution in [0.1, 0.15) is 22.7 Å². The number of aromatic nitrogens is 1. The van der Waals surface area contributed by atoms with Gasteiger partial charge in [0.25, 0.3) is 0 Å². The predicted octanol–water partition coefficient (Wildman–Crippen LogP) is 4.36. The van der Waals surface area contributed by atoms with Gasteiger partial charge in [-0.1, -0.05) is 48.0 Å². The van der Waals surface area contributed by atoms with Crippen molar-refractivity contribution in [1.29, 1.82) is 0 Å². The molecular formula is C30H26ClN3O6. The van der Waals surface area contributed by atoms with Gasteiger partial charge in [-0.25, -0.2) is 4.90 Å². The highest BCUT2D eigenvalue weighted by Gasteiger charge is 2.69. The molecule has 2 aliphatic rings.